The van der Waals surface area contributed by atoms with Gasteiger partial charge in [0.2, 0.25) is 0 Å². The van der Waals surface area contributed by atoms with Crippen molar-refractivity contribution in [1.29, 1.82) is 0 Å². The summed E-state index contributed by atoms with van der Waals surface area (Å²) in [6, 6.07) is 11.8. The second-order valence-electron chi connectivity index (χ2n) is 5.15. The number of non-ortho nitro benzene ring substituents is 2. The summed E-state index contributed by atoms with van der Waals surface area (Å²) in [7, 11) is 0. The third-order valence-corrected chi connectivity index (χ3v) is 16.8. The molecule has 1 aliphatic rings. The van der Waals surface area contributed by atoms with Gasteiger partial charge in [0.25, 0.3) is 11.4 Å². The van der Waals surface area contributed by atoms with Crippen LogP contribution in [0.15, 0.2) is 48.5 Å². The molecule has 1 saturated heterocycles. The maximum atomic E-state index is 10.8. The van der Waals surface area contributed by atoms with Gasteiger partial charge in [-0.25, -0.2) is 0 Å². The minimum absolute atomic E-state index is 0.0403. The largest absolute Gasteiger partial charge is 0.269 e. The van der Waals surface area contributed by atoms with Crippen LogP contribution in [-0.4, -0.2) is 9.85 Å². The van der Waals surface area contributed by atoms with Gasteiger partial charge in [0.15, 0.2) is 11.1 Å². The van der Waals surface area contributed by atoms with Crippen LogP contribution in [0, 0.1) is 20.2 Å². The average molecular weight is 464 g/mol. The normalized spacial score (nSPS) is 24.8. The monoisotopic (exact) mass is 464 g/mol. The standard InChI is InChI=1S/C12H10N4O4P2S4/c17-13(18)9-1-5-11(6-2-9)15-21(23,24)16(22(15,25)26)12-7-3-10(4-8-12)14(19)20/h1-8H,(H,23,24)(H,25,26). The number of hydrogen-bond acceptors (Lipinski definition) is 6. The van der Waals surface area contributed by atoms with Crippen LogP contribution >= 0.6 is 35.6 Å². The molecule has 0 N–H and O–H groups in total. The van der Waals surface area contributed by atoms with E-state index in [4.69, 9.17) is 23.6 Å². The number of thiol groups is 2. The van der Waals surface area contributed by atoms with E-state index >= 15 is 0 Å². The van der Waals surface area contributed by atoms with Crippen LogP contribution in [0.25, 0.3) is 0 Å². The molecule has 0 aliphatic carbocycles. The van der Waals surface area contributed by atoms with E-state index in [1.807, 2.05) is 0 Å². The summed E-state index contributed by atoms with van der Waals surface area (Å²) in [6.07, 6.45) is 0. The summed E-state index contributed by atoms with van der Waals surface area (Å²) >= 11 is 20.6. The van der Waals surface area contributed by atoms with E-state index in [-0.39, 0.29) is 11.4 Å². The Morgan fingerprint density at radius 2 is 1.00 bits per heavy atom. The number of nitro groups is 2. The minimum Gasteiger partial charge on any atom is -0.267 e. The smallest absolute Gasteiger partial charge is 0.267 e. The summed E-state index contributed by atoms with van der Waals surface area (Å²) in [6.45, 7) is 0. The molecule has 0 spiro atoms. The van der Waals surface area contributed by atoms with Crippen LogP contribution in [0.2, 0.25) is 0 Å². The lowest BCUT2D eigenvalue weighted by atomic mass is 10.3. The zero-order valence-electron chi connectivity index (χ0n) is 12.6. The Bertz CT molecular complexity index is 904. The Morgan fingerprint density at radius 3 is 1.23 bits per heavy atom. The van der Waals surface area contributed by atoms with E-state index < -0.39 is 20.9 Å². The molecule has 0 saturated carbocycles. The van der Waals surface area contributed by atoms with E-state index in [0.29, 0.717) is 11.4 Å². The molecule has 1 fully saturated rings. The lowest BCUT2D eigenvalue weighted by Crippen LogP contribution is -2.38. The van der Waals surface area contributed by atoms with Crippen LogP contribution in [0.3, 0.4) is 0 Å². The number of hydrogen-bond donors (Lipinski definition) is 2. The van der Waals surface area contributed by atoms with Gasteiger partial charge in [-0.05, 0) is 47.9 Å². The van der Waals surface area contributed by atoms with E-state index in [1.54, 1.807) is 33.1 Å². The Kier molecular flexibility index (Phi) is 5.11. The second kappa shape index (κ2) is 6.78. The van der Waals surface area contributed by atoms with Crippen LogP contribution < -0.4 is 8.88 Å². The van der Waals surface area contributed by atoms with Crippen molar-refractivity contribution in [2.75, 3.05) is 8.88 Å². The molecule has 0 bridgehead atoms. The zero-order chi connectivity index (χ0) is 19.3. The predicted octanol–water partition coefficient (Wildman–Crippen LogP) is 5.14. The average Bonchev–Trinajstić information content (AvgIpc) is 2.54. The fraction of sp³-hybridized carbons (Fsp3) is 0. The van der Waals surface area contributed by atoms with Crippen LogP contribution in [0.4, 0.5) is 22.7 Å². The molecule has 26 heavy (non-hydrogen) atoms. The van der Waals surface area contributed by atoms with Gasteiger partial charge in [0.1, 0.15) is 0 Å². The van der Waals surface area contributed by atoms with E-state index in [0.717, 1.165) is 0 Å². The topological polar surface area (TPSA) is 92.8 Å². The first kappa shape index (κ1) is 19.6. The molecule has 14 heteroatoms. The number of rotatable bonds is 4. The van der Waals surface area contributed by atoms with Gasteiger partial charge in [-0.1, -0.05) is 0 Å². The van der Waals surface area contributed by atoms with E-state index in [1.165, 1.54) is 24.3 Å². The van der Waals surface area contributed by atoms with Crippen molar-refractivity contribution >= 4 is 81.9 Å². The Labute approximate surface area is 169 Å². The fourth-order valence-corrected chi connectivity index (χ4v) is 21.6. The van der Waals surface area contributed by atoms with Gasteiger partial charge in [-0.15, -0.1) is 24.5 Å². The highest BCUT2D eigenvalue weighted by molar-refractivity contribution is 8.80. The number of benzene rings is 2. The molecule has 0 amide bonds. The lowest BCUT2D eigenvalue weighted by Gasteiger charge is -2.59. The molecule has 0 radical (unpaired) electrons. The minimum atomic E-state index is -2.61. The summed E-state index contributed by atoms with van der Waals surface area (Å²) < 4.78 is 3.50. The van der Waals surface area contributed by atoms with Crippen LogP contribution in [0.5, 0.6) is 0 Å². The molecular weight excluding hydrogens is 454 g/mol. The molecule has 8 nitrogen and oxygen atoms in total. The van der Waals surface area contributed by atoms with Gasteiger partial charge < -0.3 is 0 Å². The van der Waals surface area contributed by atoms with Crippen molar-refractivity contribution in [3.63, 3.8) is 0 Å². The third kappa shape index (κ3) is 3.15. The Morgan fingerprint density at radius 1 is 0.731 bits per heavy atom. The van der Waals surface area contributed by atoms with Gasteiger partial charge in [0, 0.05) is 35.6 Å². The summed E-state index contributed by atoms with van der Waals surface area (Å²) in [5, 5.41) is 21.6. The maximum absolute atomic E-state index is 10.8. The molecule has 0 atom stereocenters. The summed E-state index contributed by atoms with van der Waals surface area (Å²) in [5.41, 5.74) is -4.06. The molecule has 2 aromatic carbocycles. The van der Waals surface area contributed by atoms with E-state index in [9.17, 15) is 20.2 Å². The highest BCUT2D eigenvalue weighted by Gasteiger charge is 2.54. The molecule has 0 unspecified atom stereocenters. The Balaban J connectivity index is 1.97. The van der Waals surface area contributed by atoms with Crippen molar-refractivity contribution in [2.45, 2.75) is 0 Å². The molecular formula is C12H10N4O4P2S4. The van der Waals surface area contributed by atoms with Crippen molar-refractivity contribution in [2.24, 2.45) is 0 Å². The SMILES string of the molecule is O=[N+]([O-])c1ccc(N2P(=S)(S)N(c3ccc([N+](=O)[O-])cc3)P2(=S)S)cc1. The number of nitrogens with zero attached hydrogens (tertiary/aromatic N) is 4. The van der Waals surface area contributed by atoms with Gasteiger partial charge in [-0.3, -0.25) is 29.1 Å². The maximum Gasteiger partial charge on any atom is 0.269 e. The van der Waals surface area contributed by atoms with Gasteiger partial charge in [-0.2, -0.15) is 0 Å². The van der Waals surface area contributed by atoms with Crippen molar-refractivity contribution in [1.82, 2.24) is 0 Å². The lowest BCUT2D eigenvalue weighted by molar-refractivity contribution is -0.385. The number of nitro benzene ring substituents is 2. The van der Waals surface area contributed by atoms with Crippen molar-refractivity contribution in [3.05, 3.63) is 68.8 Å². The molecule has 3 rings (SSSR count). The van der Waals surface area contributed by atoms with Gasteiger partial charge in [0.05, 0.1) is 9.85 Å². The first-order valence-electron chi connectivity index (χ1n) is 6.83. The fourth-order valence-electron chi connectivity index (χ4n) is 2.45. The molecule has 1 aliphatic heterocycles. The van der Waals surface area contributed by atoms with Crippen LogP contribution in [-0.2, 0) is 23.6 Å². The highest BCUT2D eigenvalue weighted by Crippen LogP contribution is 2.91. The van der Waals surface area contributed by atoms with Crippen LogP contribution in [0.1, 0.15) is 0 Å². The van der Waals surface area contributed by atoms with Crippen molar-refractivity contribution in [3.8, 4) is 0 Å². The molecule has 1 heterocycles. The molecule has 0 aromatic heterocycles. The quantitative estimate of drug-likeness (QED) is 0.278. The molecule has 2 aromatic rings. The third-order valence-electron chi connectivity index (χ3n) is 3.57. The number of anilines is 2. The molecule has 136 valence electrons. The first-order chi connectivity index (χ1) is 12.1. The summed E-state index contributed by atoms with van der Waals surface area (Å²) in [5.74, 6) is 0. The Hall–Kier alpha value is -1.16. The first-order valence-corrected chi connectivity index (χ1v) is 14.6. The van der Waals surface area contributed by atoms with Gasteiger partial charge >= 0.3 is 0 Å². The van der Waals surface area contributed by atoms with E-state index in [2.05, 4.69) is 24.5 Å². The van der Waals surface area contributed by atoms with Crippen molar-refractivity contribution < 1.29 is 9.85 Å². The second-order valence-corrected chi connectivity index (χ2v) is 17.5. The summed E-state index contributed by atoms with van der Waals surface area (Å²) in [4.78, 5) is 20.6. The predicted molar refractivity (Wildman–Crippen MR) is 118 cm³/mol. The highest BCUT2D eigenvalue weighted by atomic mass is 32.9. The zero-order valence-corrected chi connectivity index (χ0v) is 17.9.